The smallest absolute Gasteiger partial charge is 0.417 e. The van der Waals surface area contributed by atoms with Crippen LogP contribution in [0, 0.1) is 0 Å². The van der Waals surface area contributed by atoms with Gasteiger partial charge >= 0.3 is 12.2 Å². The van der Waals surface area contributed by atoms with Crippen LogP contribution in [0.5, 0.6) is 0 Å². The monoisotopic (exact) mass is 623 g/mol. The van der Waals surface area contributed by atoms with Crippen molar-refractivity contribution in [3.05, 3.63) is 70.7 Å². The van der Waals surface area contributed by atoms with Gasteiger partial charge in [-0.2, -0.15) is 0 Å². The average molecular weight is 625 g/mol. The van der Waals surface area contributed by atoms with E-state index in [1.807, 2.05) is 70.3 Å². The molecule has 9 heteroatoms. The van der Waals surface area contributed by atoms with Crippen molar-refractivity contribution >= 4 is 45.4 Å². The number of nitrogens with zero attached hydrogens (tertiary/aromatic N) is 3. The highest BCUT2D eigenvalue weighted by molar-refractivity contribution is 9.10. The third kappa shape index (κ3) is 4.18. The zero-order valence-electron chi connectivity index (χ0n) is 24.8. The van der Waals surface area contributed by atoms with Gasteiger partial charge in [-0.3, -0.25) is 9.69 Å². The van der Waals surface area contributed by atoms with E-state index in [0.29, 0.717) is 17.7 Å². The number of likely N-dealkylation sites (tertiary alicyclic amines) is 1. The van der Waals surface area contributed by atoms with Gasteiger partial charge in [0.15, 0.2) is 0 Å². The predicted molar refractivity (Wildman–Crippen MR) is 162 cm³/mol. The van der Waals surface area contributed by atoms with Crippen LogP contribution in [0.3, 0.4) is 0 Å². The number of likely N-dealkylation sites (N-methyl/N-ethyl adjacent to an activating group) is 1. The maximum absolute atomic E-state index is 15.0. The summed E-state index contributed by atoms with van der Waals surface area (Å²) in [5, 5.41) is 0. The van der Waals surface area contributed by atoms with Crippen molar-refractivity contribution in [1.29, 1.82) is 0 Å². The Kier molecular flexibility index (Phi) is 6.84. The van der Waals surface area contributed by atoms with Gasteiger partial charge in [0.25, 0.3) is 0 Å². The predicted octanol–water partition coefficient (Wildman–Crippen LogP) is 6.90. The molecule has 1 spiro atoms. The molecule has 0 unspecified atom stereocenters. The normalized spacial score (nSPS) is 25.1. The Morgan fingerprint density at radius 2 is 1.61 bits per heavy atom. The van der Waals surface area contributed by atoms with Crippen LogP contribution in [0.2, 0.25) is 0 Å². The van der Waals surface area contributed by atoms with E-state index in [0.717, 1.165) is 15.7 Å². The van der Waals surface area contributed by atoms with Gasteiger partial charge in [-0.15, -0.1) is 6.58 Å². The Labute approximate surface area is 250 Å². The lowest BCUT2D eigenvalue weighted by Crippen LogP contribution is -2.75. The van der Waals surface area contributed by atoms with Crippen LogP contribution in [0.25, 0.3) is 0 Å². The molecule has 1 saturated heterocycles. The number of carbonyl (C=O) groups excluding carboxylic acids is 3. The van der Waals surface area contributed by atoms with Crippen molar-refractivity contribution in [3.8, 4) is 0 Å². The first-order valence-corrected chi connectivity index (χ1v) is 14.7. The van der Waals surface area contributed by atoms with Gasteiger partial charge < -0.3 is 14.4 Å². The Bertz CT molecular complexity index is 1440. The van der Waals surface area contributed by atoms with Crippen LogP contribution < -0.4 is 9.80 Å². The summed E-state index contributed by atoms with van der Waals surface area (Å²) in [6.45, 7) is 15.1. The van der Waals surface area contributed by atoms with Gasteiger partial charge in [0, 0.05) is 29.3 Å². The third-order valence-electron chi connectivity index (χ3n) is 8.25. The largest absolute Gasteiger partial charge is 0.443 e. The number of amides is 3. The van der Waals surface area contributed by atoms with Gasteiger partial charge in [0.1, 0.15) is 17.4 Å². The molecular formula is C32H38BrN3O5. The molecule has 0 aliphatic carbocycles. The average Bonchev–Trinajstić information content (AvgIpc) is 3.11. The highest BCUT2D eigenvalue weighted by Gasteiger charge is 2.74. The maximum Gasteiger partial charge on any atom is 0.417 e. The maximum atomic E-state index is 15.0. The van der Waals surface area contributed by atoms with Crippen molar-refractivity contribution in [3.63, 3.8) is 0 Å². The third-order valence-corrected chi connectivity index (χ3v) is 8.91. The zero-order chi connectivity index (χ0) is 30.1. The molecule has 0 N–H and O–H groups in total. The quantitative estimate of drug-likeness (QED) is 0.339. The topological polar surface area (TPSA) is 79.4 Å². The molecule has 2 aromatic rings. The molecule has 5 rings (SSSR count). The lowest BCUT2D eigenvalue weighted by atomic mass is 9.49. The summed E-state index contributed by atoms with van der Waals surface area (Å²) < 4.78 is 12.5. The van der Waals surface area contributed by atoms with Crippen LogP contribution in [0.4, 0.5) is 21.0 Å². The molecule has 0 saturated carbocycles. The van der Waals surface area contributed by atoms with Gasteiger partial charge in [0.05, 0.1) is 16.5 Å². The lowest BCUT2D eigenvalue weighted by molar-refractivity contribution is -0.145. The van der Waals surface area contributed by atoms with Crippen LogP contribution in [-0.2, 0) is 25.1 Å². The van der Waals surface area contributed by atoms with Crippen LogP contribution >= 0.6 is 15.9 Å². The molecule has 8 nitrogen and oxygen atoms in total. The molecule has 2 aromatic carbocycles. The number of hydrogen-bond donors (Lipinski definition) is 0. The van der Waals surface area contributed by atoms with Gasteiger partial charge in [-0.1, -0.05) is 46.3 Å². The second-order valence-electron chi connectivity index (χ2n) is 13.0. The second-order valence-corrected chi connectivity index (χ2v) is 13.9. The first-order valence-electron chi connectivity index (χ1n) is 13.9. The van der Waals surface area contributed by atoms with E-state index in [9.17, 15) is 9.59 Å². The van der Waals surface area contributed by atoms with Gasteiger partial charge in [-0.25, -0.2) is 14.5 Å². The zero-order valence-corrected chi connectivity index (χ0v) is 26.4. The van der Waals surface area contributed by atoms with E-state index >= 15 is 4.79 Å². The highest BCUT2D eigenvalue weighted by atomic mass is 79.9. The van der Waals surface area contributed by atoms with E-state index in [-0.39, 0.29) is 18.9 Å². The first kappa shape index (κ1) is 29.2. The Hall–Kier alpha value is -3.33. The number of allylic oxidation sites excluding steroid dienone is 1. The van der Waals surface area contributed by atoms with Crippen molar-refractivity contribution in [2.45, 2.75) is 82.6 Å². The molecular weight excluding hydrogens is 586 g/mol. The highest BCUT2D eigenvalue weighted by Crippen LogP contribution is 2.67. The second kappa shape index (κ2) is 9.61. The van der Waals surface area contributed by atoms with E-state index in [1.165, 1.54) is 4.90 Å². The molecule has 41 heavy (non-hydrogen) atoms. The number of ether oxygens (including phenoxy) is 2. The van der Waals surface area contributed by atoms with Crippen LogP contribution in [-0.4, -0.2) is 54.0 Å². The molecule has 3 atom stereocenters. The number of hydrogen-bond acceptors (Lipinski definition) is 6. The fourth-order valence-corrected chi connectivity index (χ4v) is 7.78. The molecule has 0 aromatic heterocycles. The Morgan fingerprint density at radius 3 is 2.24 bits per heavy atom. The van der Waals surface area contributed by atoms with Crippen molar-refractivity contribution in [2.75, 3.05) is 23.4 Å². The summed E-state index contributed by atoms with van der Waals surface area (Å²) in [6.07, 6.45) is 0.580. The standard InChI is InChI=1S/C32H38BrN3O5/c1-9-17-31-20-13-10-11-15-22(20)36(28(39)41-30(5,6)7)25-32(31,24-21(33)14-12-16-23(24)34(25)8)18-19-35(26(31)37)27(38)40-29(2,3)4/h9-16,25H,1,17-19H2,2-8H3/t25-,31-,32-/m0/s1. The Balaban J connectivity index is 1.86. The van der Waals surface area contributed by atoms with Gasteiger partial charge in [0.2, 0.25) is 5.91 Å². The van der Waals surface area contributed by atoms with E-state index < -0.39 is 40.4 Å². The molecule has 3 aliphatic heterocycles. The molecule has 3 heterocycles. The van der Waals surface area contributed by atoms with Crippen molar-refractivity contribution in [2.24, 2.45) is 0 Å². The molecule has 0 radical (unpaired) electrons. The summed E-state index contributed by atoms with van der Waals surface area (Å²) in [6, 6.07) is 13.4. The summed E-state index contributed by atoms with van der Waals surface area (Å²) in [4.78, 5) is 47.7. The number of imide groups is 1. The number of rotatable bonds is 2. The van der Waals surface area contributed by atoms with E-state index in [2.05, 4.69) is 27.4 Å². The molecule has 3 amide bonds. The molecule has 0 bridgehead atoms. The molecule has 218 valence electrons. The minimum Gasteiger partial charge on any atom is -0.443 e. The fraction of sp³-hybridized carbons (Fsp3) is 0.469. The van der Waals surface area contributed by atoms with E-state index in [4.69, 9.17) is 9.47 Å². The number of piperidine rings is 1. The van der Waals surface area contributed by atoms with E-state index in [1.54, 1.807) is 31.7 Å². The molecule has 3 aliphatic rings. The van der Waals surface area contributed by atoms with Crippen molar-refractivity contribution in [1.82, 2.24) is 4.90 Å². The first-order chi connectivity index (χ1) is 19.1. The number of benzene rings is 2. The summed E-state index contributed by atoms with van der Waals surface area (Å²) in [5.41, 5.74) is -0.694. The minimum absolute atomic E-state index is 0.127. The Morgan fingerprint density at radius 1 is 1.00 bits per heavy atom. The number of halogens is 1. The molecule has 1 fully saturated rings. The summed E-state index contributed by atoms with van der Waals surface area (Å²) >= 11 is 3.81. The van der Waals surface area contributed by atoms with Crippen molar-refractivity contribution < 1.29 is 23.9 Å². The number of anilines is 2. The SMILES string of the molecule is C=CC[C@]12C(=O)N(C(=O)OC(C)(C)C)CC[C@@]13c1c(Br)cccc1N(C)[C@H]3N(C(=O)OC(C)(C)C)c1ccccc12. The number of para-hydroxylation sites is 1. The lowest BCUT2D eigenvalue weighted by Gasteiger charge is -2.61. The number of fused-ring (bicyclic) bond motifs is 3. The van der Waals surface area contributed by atoms with Gasteiger partial charge in [-0.05, 0) is 78.1 Å². The van der Waals surface area contributed by atoms with Crippen LogP contribution in [0.1, 0.15) is 65.5 Å². The van der Waals surface area contributed by atoms with Crippen LogP contribution in [0.15, 0.2) is 59.6 Å². The fourth-order valence-electron chi connectivity index (χ4n) is 7.07. The summed E-state index contributed by atoms with van der Waals surface area (Å²) in [7, 11) is 1.94. The minimum atomic E-state index is -1.27. The summed E-state index contributed by atoms with van der Waals surface area (Å²) in [5.74, 6) is -0.365. The number of carbonyl (C=O) groups is 3.